The summed E-state index contributed by atoms with van der Waals surface area (Å²) in [4.78, 5) is 0. The van der Waals surface area contributed by atoms with Gasteiger partial charge in [-0.2, -0.15) is 0 Å². The van der Waals surface area contributed by atoms with Crippen LogP contribution in [0.1, 0.15) is 41.6 Å². The second-order valence-electron chi connectivity index (χ2n) is 6.07. The fourth-order valence-electron chi connectivity index (χ4n) is 3.25. The molecule has 0 fully saturated rings. The van der Waals surface area contributed by atoms with Gasteiger partial charge in [-0.1, -0.05) is 58.4 Å². The van der Waals surface area contributed by atoms with Gasteiger partial charge in [-0.05, 0) is 55.4 Å². The van der Waals surface area contributed by atoms with Crippen molar-refractivity contribution in [3.05, 3.63) is 69.2 Å². The number of halogens is 1. The van der Waals surface area contributed by atoms with E-state index >= 15 is 0 Å². The molecule has 0 heterocycles. The van der Waals surface area contributed by atoms with E-state index in [-0.39, 0.29) is 0 Å². The largest absolute Gasteiger partial charge is 0.307 e. The zero-order valence-corrected chi connectivity index (χ0v) is 14.3. The molecule has 0 aliphatic heterocycles. The lowest BCUT2D eigenvalue weighted by molar-refractivity contribution is 0.413. The molecule has 1 N–H and O–H groups in total. The molecular formula is C19H22BrN. The predicted molar refractivity (Wildman–Crippen MR) is 92.7 cm³/mol. The molecule has 21 heavy (non-hydrogen) atoms. The Morgan fingerprint density at radius 3 is 2.67 bits per heavy atom. The summed E-state index contributed by atoms with van der Waals surface area (Å²) in [5.41, 5.74) is 5.72. The van der Waals surface area contributed by atoms with E-state index in [1.807, 2.05) is 0 Å². The Balaban J connectivity index is 1.73. The topological polar surface area (TPSA) is 12.0 Å². The highest BCUT2D eigenvalue weighted by atomic mass is 79.9. The zero-order valence-electron chi connectivity index (χ0n) is 12.7. The van der Waals surface area contributed by atoms with E-state index < -0.39 is 0 Å². The summed E-state index contributed by atoms with van der Waals surface area (Å²) < 4.78 is 1.30. The van der Waals surface area contributed by atoms with Crippen molar-refractivity contribution in [3.8, 4) is 0 Å². The number of aryl methyl sites for hydroxylation is 2. The highest BCUT2D eigenvalue weighted by molar-refractivity contribution is 9.10. The number of fused-ring (bicyclic) bond motifs is 1. The first-order chi connectivity index (χ1) is 10.1. The number of hydrogen-bond donors (Lipinski definition) is 1. The Kier molecular flexibility index (Phi) is 4.46. The number of nitrogens with one attached hydrogen (secondary N) is 1. The second kappa shape index (κ2) is 6.33. The minimum Gasteiger partial charge on any atom is -0.307 e. The molecule has 2 atom stereocenters. The molecule has 1 aliphatic carbocycles. The normalized spacial score (nSPS) is 19.1. The molecule has 0 spiro atoms. The molecule has 0 radical (unpaired) electrons. The molecule has 2 heteroatoms. The Morgan fingerprint density at radius 2 is 1.90 bits per heavy atom. The third kappa shape index (κ3) is 3.22. The molecule has 0 unspecified atom stereocenters. The van der Waals surface area contributed by atoms with Crippen molar-refractivity contribution in [1.29, 1.82) is 0 Å². The van der Waals surface area contributed by atoms with Gasteiger partial charge in [0.2, 0.25) is 0 Å². The lowest BCUT2D eigenvalue weighted by Gasteiger charge is -2.29. The fourth-order valence-corrected chi connectivity index (χ4v) is 3.79. The monoisotopic (exact) mass is 343 g/mol. The molecule has 0 amide bonds. The molecule has 0 bridgehead atoms. The van der Waals surface area contributed by atoms with Crippen molar-refractivity contribution in [2.45, 2.75) is 45.2 Å². The van der Waals surface area contributed by atoms with Crippen LogP contribution in [0, 0.1) is 6.92 Å². The van der Waals surface area contributed by atoms with Gasteiger partial charge in [0.05, 0.1) is 0 Å². The van der Waals surface area contributed by atoms with Crippen LogP contribution in [-0.4, -0.2) is 6.04 Å². The van der Waals surface area contributed by atoms with Crippen molar-refractivity contribution in [1.82, 2.24) is 5.32 Å². The molecule has 0 saturated heterocycles. The molecule has 2 aromatic rings. The van der Waals surface area contributed by atoms with Gasteiger partial charge in [0.1, 0.15) is 0 Å². The van der Waals surface area contributed by atoms with Gasteiger partial charge in [-0.25, -0.2) is 0 Å². The molecule has 1 aliphatic rings. The SMILES string of the molecule is Cc1ccc2c(c1Br)C[C@H](N[C@@H](C)c1ccccc1)CC2. The van der Waals surface area contributed by atoms with Gasteiger partial charge < -0.3 is 5.32 Å². The Bertz CT molecular complexity index is 621. The first-order valence-electron chi connectivity index (χ1n) is 7.73. The maximum absolute atomic E-state index is 3.80. The highest BCUT2D eigenvalue weighted by Crippen LogP contribution is 2.31. The van der Waals surface area contributed by atoms with E-state index in [4.69, 9.17) is 0 Å². The minimum absolute atomic E-state index is 0.404. The summed E-state index contributed by atoms with van der Waals surface area (Å²) in [6.45, 7) is 4.43. The predicted octanol–water partition coefficient (Wildman–Crippen LogP) is 4.97. The maximum atomic E-state index is 3.80. The van der Waals surface area contributed by atoms with Gasteiger partial charge in [0.25, 0.3) is 0 Å². The summed E-state index contributed by atoms with van der Waals surface area (Å²) in [6, 6.07) is 16.2. The fraction of sp³-hybridized carbons (Fsp3) is 0.368. The molecule has 0 aromatic heterocycles. The maximum Gasteiger partial charge on any atom is 0.0294 e. The Morgan fingerprint density at radius 1 is 1.14 bits per heavy atom. The van der Waals surface area contributed by atoms with Crippen LogP contribution in [0.15, 0.2) is 46.9 Å². The Hall–Kier alpha value is -1.12. The lowest BCUT2D eigenvalue weighted by atomic mass is 9.87. The van der Waals surface area contributed by atoms with Gasteiger partial charge in [-0.15, -0.1) is 0 Å². The second-order valence-corrected chi connectivity index (χ2v) is 6.87. The van der Waals surface area contributed by atoms with Crippen molar-refractivity contribution < 1.29 is 0 Å². The van der Waals surface area contributed by atoms with E-state index in [2.05, 4.69) is 77.6 Å². The molecule has 110 valence electrons. The van der Waals surface area contributed by atoms with Crippen LogP contribution in [0.25, 0.3) is 0 Å². The quantitative estimate of drug-likeness (QED) is 0.829. The van der Waals surface area contributed by atoms with E-state index in [9.17, 15) is 0 Å². The summed E-state index contributed by atoms with van der Waals surface area (Å²) in [5.74, 6) is 0. The zero-order chi connectivity index (χ0) is 14.8. The van der Waals surface area contributed by atoms with Crippen molar-refractivity contribution in [2.24, 2.45) is 0 Å². The summed E-state index contributed by atoms with van der Waals surface area (Å²) in [7, 11) is 0. The number of hydrogen-bond acceptors (Lipinski definition) is 1. The first-order valence-corrected chi connectivity index (χ1v) is 8.52. The van der Waals surface area contributed by atoms with Gasteiger partial charge in [-0.3, -0.25) is 0 Å². The molecule has 1 nitrogen and oxygen atoms in total. The standard InChI is InChI=1S/C19H22BrN/c1-13-8-9-16-10-11-17(12-18(16)19(13)20)21-14(2)15-6-4-3-5-7-15/h3-9,14,17,21H,10-12H2,1-2H3/t14-,17+/m0/s1. The smallest absolute Gasteiger partial charge is 0.0294 e. The van der Waals surface area contributed by atoms with Gasteiger partial charge >= 0.3 is 0 Å². The van der Waals surface area contributed by atoms with Crippen LogP contribution >= 0.6 is 15.9 Å². The van der Waals surface area contributed by atoms with Crippen molar-refractivity contribution in [2.75, 3.05) is 0 Å². The van der Waals surface area contributed by atoms with Crippen LogP contribution in [0.5, 0.6) is 0 Å². The average molecular weight is 344 g/mol. The molecule has 0 saturated carbocycles. The molecule has 2 aromatic carbocycles. The third-order valence-electron chi connectivity index (χ3n) is 4.53. The summed E-state index contributed by atoms with van der Waals surface area (Å²) >= 11 is 3.78. The van der Waals surface area contributed by atoms with Crippen LogP contribution in [0.3, 0.4) is 0 Å². The van der Waals surface area contributed by atoms with E-state index in [0.29, 0.717) is 12.1 Å². The third-order valence-corrected chi connectivity index (χ3v) is 5.64. The number of rotatable bonds is 3. The van der Waals surface area contributed by atoms with Crippen molar-refractivity contribution in [3.63, 3.8) is 0 Å². The van der Waals surface area contributed by atoms with E-state index in [0.717, 1.165) is 6.42 Å². The summed E-state index contributed by atoms with van der Waals surface area (Å²) in [5, 5.41) is 3.80. The average Bonchev–Trinajstić information content (AvgIpc) is 2.52. The van der Waals surface area contributed by atoms with Crippen LogP contribution in [0.4, 0.5) is 0 Å². The summed E-state index contributed by atoms with van der Waals surface area (Å²) in [6.07, 6.45) is 3.52. The van der Waals surface area contributed by atoms with Crippen LogP contribution in [0.2, 0.25) is 0 Å². The minimum atomic E-state index is 0.404. The first kappa shape index (κ1) is 14.8. The molecular weight excluding hydrogens is 322 g/mol. The van der Waals surface area contributed by atoms with Crippen molar-refractivity contribution >= 4 is 15.9 Å². The highest BCUT2D eigenvalue weighted by Gasteiger charge is 2.22. The molecule has 3 rings (SSSR count). The Labute approximate surface area is 135 Å². The van der Waals surface area contributed by atoms with Gasteiger partial charge in [0.15, 0.2) is 0 Å². The van der Waals surface area contributed by atoms with E-state index in [1.54, 1.807) is 0 Å². The van der Waals surface area contributed by atoms with Crippen LogP contribution < -0.4 is 5.32 Å². The van der Waals surface area contributed by atoms with Gasteiger partial charge in [0, 0.05) is 16.6 Å². The number of benzene rings is 2. The van der Waals surface area contributed by atoms with E-state index in [1.165, 1.54) is 39.6 Å². The lowest BCUT2D eigenvalue weighted by Crippen LogP contribution is -2.36. The van der Waals surface area contributed by atoms with Crippen LogP contribution in [-0.2, 0) is 12.8 Å².